The number of hydrogen-bond donors (Lipinski definition) is 2. The van der Waals surface area contributed by atoms with Crippen molar-refractivity contribution >= 4 is 0 Å². The van der Waals surface area contributed by atoms with Gasteiger partial charge in [0.2, 0.25) is 0 Å². The van der Waals surface area contributed by atoms with Crippen molar-refractivity contribution in [3.05, 3.63) is 0 Å². The summed E-state index contributed by atoms with van der Waals surface area (Å²) in [7, 11) is 0. The SMILES string of the molecule is CCC1(CNCC2CCC(N)C(C)C2(C)C)CC1. The van der Waals surface area contributed by atoms with Gasteiger partial charge in [0.1, 0.15) is 0 Å². The topological polar surface area (TPSA) is 38.0 Å². The first-order chi connectivity index (χ1) is 8.41. The van der Waals surface area contributed by atoms with Crippen LogP contribution in [-0.2, 0) is 0 Å². The van der Waals surface area contributed by atoms with Gasteiger partial charge in [-0.1, -0.05) is 27.7 Å². The zero-order valence-corrected chi connectivity index (χ0v) is 12.8. The molecular formula is C16H32N2. The molecule has 2 fully saturated rings. The summed E-state index contributed by atoms with van der Waals surface area (Å²) in [5.74, 6) is 1.43. The predicted octanol–water partition coefficient (Wildman–Crippen LogP) is 3.17. The molecule has 0 bridgehead atoms. The summed E-state index contributed by atoms with van der Waals surface area (Å²) in [6.45, 7) is 11.9. The van der Waals surface area contributed by atoms with Crippen LogP contribution in [0.1, 0.15) is 59.8 Å². The summed E-state index contributed by atoms with van der Waals surface area (Å²) in [5, 5.41) is 3.76. The molecule has 2 aliphatic rings. The summed E-state index contributed by atoms with van der Waals surface area (Å²) < 4.78 is 0. The molecule has 0 aliphatic heterocycles. The van der Waals surface area contributed by atoms with Gasteiger partial charge in [-0.3, -0.25) is 0 Å². The highest BCUT2D eigenvalue weighted by molar-refractivity contribution is 4.96. The molecule has 3 atom stereocenters. The Balaban J connectivity index is 1.82. The predicted molar refractivity (Wildman–Crippen MR) is 78.5 cm³/mol. The van der Waals surface area contributed by atoms with Crippen molar-refractivity contribution in [2.45, 2.75) is 65.8 Å². The van der Waals surface area contributed by atoms with Crippen molar-refractivity contribution in [1.29, 1.82) is 0 Å². The molecule has 18 heavy (non-hydrogen) atoms. The Kier molecular flexibility index (Phi) is 4.08. The van der Waals surface area contributed by atoms with Gasteiger partial charge in [-0.05, 0) is 61.3 Å². The Bertz CT molecular complexity index is 281. The molecule has 0 aromatic carbocycles. The molecular weight excluding hydrogens is 220 g/mol. The average molecular weight is 252 g/mol. The zero-order chi connectivity index (χ0) is 13.4. The van der Waals surface area contributed by atoms with E-state index in [9.17, 15) is 0 Å². The van der Waals surface area contributed by atoms with Gasteiger partial charge >= 0.3 is 0 Å². The number of nitrogens with two attached hydrogens (primary N) is 1. The highest BCUT2D eigenvalue weighted by Crippen LogP contribution is 2.48. The van der Waals surface area contributed by atoms with Crippen molar-refractivity contribution in [3.63, 3.8) is 0 Å². The van der Waals surface area contributed by atoms with Crippen LogP contribution in [0, 0.1) is 22.7 Å². The van der Waals surface area contributed by atoms with E-state index in [1.165, 1.54) is 45.2 Å². The van der Waals surface area contributed by atoms with Crippen LogP contribution in [0.25, 0.3) is 0 Å². The van der Waals surface area contributed by atoms with Crippen LogP contribution in [0.3, 0.4) is 0 Å². The van der Waals surface area contributed by atoms with E-state index in [1.54, 1.807) is 0 Å². The van der Waals surface area contributed by atoms with Gasteiger partial charge in [-0.15, -0.1) is 0 Å². The first-order valence-corrected chi connectivity index (χ1v) is 7.87. The van der Waals surface area contributed by atoms with Gasteiger partial charge in [0.25, 0.3) is 0 Å². The van der Waals surface area contributed by atoms with Gasteiger partial charge in [-0.2, -0.15) is 0 Å². The highest BCUT2D eigenvalue weighted by Gasteiger charge is 2.43. The van der Waals surface area contributed by atoms with E-state index in [4.69, 9.17) is 5.73 Å². The maximum atomic E-state index is 6.23. The molecule has 0 spiro atoms. The maximum absolute atomic E-state index is 6.23. The summed E-state index contributed by atoms with van der Waals surface area (Å²) in [5.41, 5.74) is 7.28. The van der Waals surface area contributed by atoms with Crippen molar-refractivity contribution < 1.29 is 0 Å². The van der Waals surface area contributed by atoms with E-state index in [1.807, 2.05) is 0 Å². The van der Waals surface area contributed by atoms with Crippen molar-refractivity contribution in [2.24, 2.45) is 28.4 Å². The monoisotopic (exact) mass is 252 g/mol. The van der Waals surface area contributed by atoms with Crippen molar-refractivity contribution in [3.8, 4) is 0 Å². The van der Waals surface area contributed by atoms with Crippen LogP contribution < -0.4 is 11.1 Å². The lowest BCUT2D eigenvalue weighted by Crippen LogP contribution is -2.49. The van der Waals surface area contributed by atoms with Gasteiger partial charge in [-0.25, -0.2) is 0 Å². The maximum Gasteiger partial charge on any atom is 0.00698 e. The molecule has 2 rings (SSSR count). The van der Waals surface area contributed by atoms with E-state index < -0.39 is 0 Å². The van der Waals surface area contributed by atoms with Crippen LogP contribution in [0.15, 0.2) is 0 Å². The molecule has 2 nitrogen and oxygen atoms in total. The lowest BCUT2D eigenvalue weighted by atomic mass is 9.61. The van der Waals surface area contributed by atoms with E-state index >= 15 is 0 Å². The van der Waals surface area contributed by atoms with E-state index in [0.717, 1.165) is 5.92 Å². The summed E-state index contributed by atoms with van der Waals surface area (Å²) in [6, 6.07) is 0.404. The molecule has 2 aliphatic carbocycles. The Morgan fingerprint density at radius 2 is 1.89 bits per heavy atom. The molecule has 0 aromatic rings. The lowest BCUT2D eigenvalue weighted by Gasteiger charge is -2.47. The summed E-state index contributed by atoms with van der Waals surface area (Å²) in [4.78, 5) is 0. The van der Waals surface area contributed by atoms with Gasteiger partial charge < -0.3 is 11.1 Å². The molecule has 3 unspecified atom stereocenters. The fourth-order valence-corrected chi connectivity index (χ4v) is 3.65. The minimum atomic E-state index is 0.383. The summed E-state index contributed by atoms with van der Waals surface area (Å²) in [6.07, 6.45) is 6.72. The molecule has 2 heteroatoms. The fraction of sp³-hybridized carbons (Fsp3) is 1.00. The Hall–Kier alpha value is -0.0800. The molecule has 106 valence electrons. The molecule has 0 radical (unpaired) electrons. The molecule has 0 amide bonds. The first kappa shape index (κ1) is 14.3. The fourth-order valence-electron chi connectivity index (χ4n) is 3.65. The molecule has 2 saturated carbocycles. The quantitative estimate of drug-likeness (QED) is 0.789. The van der Waals surface area contributed by atoms with Crippen molar-refractivity contribution in [2.75, 3.05) is 13.1 Å². The molecule has 0 heterocycles. The van der Waals surface area contributed by atoms with E-state index in [-0.39, 0.29) is 0 Å². The zero-order valence-electron chi connectivity index (χ0n) is 12.8. The number of rotatable bonds is 5. The minimum Gasteiger partial charge on any atom is -0.327 e. The number of nitrogens with one attached hydrogen (secondary N) is 1. The van der Waals surface area contributed by atoms with Crippen LogP contribution in [0.2, 0.25) is 0 Å². The third-order valence-electron chi connectivity index (χ3n) is 6.31. The van der Waals surface area contributed by atoms with E-state index in [0.29, 0.717) is 22.8 Å². The van der Waals surface area contributed by atoms with Crippen LogP contribution >= 0.6 is 0 Å². The Morgan fingerprint density at radius 1 is 1.22 bits per heavy atom. The van der Waals surface area contributed by atoms with Gasteiger partial charge in [0, 0.05) is 12.6 Å². The summed E-state index contributed by atoms with van der Waals surface area (Å²) >= 11 is 0. The van der Waals surface area contributed by atoms with Crippen molar-refractivity contribution in [1.82, 2.24) is 5.32 Å². The lowest BCUT2D eigenvalue weighted by molar-refractivity contribution is 0.0533. The van der Waals surface area contributed by atoms with Gasteiger partial charge in [0.05, 0.1) is 0 Å². The second kappa shape index (κ2) is 5.13. The normalized spacial score (nSPS) is 37.5. The highest BCUT2D eigenvalue weighted by atomic mass is 14.9. The molecule has 3 N–H and O–H groups in total. The largest absolute Gasteiger partial charge is 0.327 e. The smallest absolute Gasteiger partial charge is 0.00698 e. The second-order valence-corrected chi connectivity index (χ2v) is 7.53. The van der Waals surface area contributed by atoms with Crippen LogP contribution in [0.5, 0.6) is 0 Å². The minimum absolute atomic E-state index is 0.383. The standard InChI is InChI=1S/C16H32N2/c1-5-16(8-9-16)11-18-10-13-6-7-14(17)12(2)15(13,3)4/h12-14,18H,5-11,17H2,1-4H3. The van der Waals surface area contributed by atoms with Crippen LogP contribution in [-0.4, -0.2) is 19.1 Å². The Labute approximate surface area is 113 Å². The average Bonchev–Trinajstić information content (AvgIpc) is 3.10. The third-order valence-corrected chi connectivity index (χ3v) is 6.31. The van der Waals surface area contributed by atoms with Gasteiger partial charge in [0.15, 0.2) is 0 Å². The Morgan fingerprint density at radius 3 is 2.44 bits per heavy atom. The van der Waals surface area contributed by atoms with Crippen LogP contribution in [0.4, 0.5) is 0 Å². The second-order valence-electron chi connectivity index (χ2n) is 7.53. The van der Waals surface area contributed by atoms with E-state index in [2.05, 4.69) is 33.0 Å². The third kappa shape index (κ3) is 2.75. The first-order valence-electron chi connectivity index (χ1n) is 7.87. The number of hydrogen-bond acceptors (Lipinski definition) is 2. The molecule has 0 aromatic heterocycles. The molecule has 0 saturated heterocycles.